The number of hydrogen-bond donors (Lipinski definition) is 1. The van der Waals surface area contributed by atoms with Crippen molar-refractivity contribution in [3.05, 3.63) is 18.0 Å². The van der Waals surface area contributed by atoms with E-state index in [1.165, 1.54) is 50.5 Å². The van der Waals surface area contributed by atoms with Gasteiger partial charge in [0.2, 0.25) is 0 Å². The highest BCUT2D eigenvalue weighted by atomic mass is 15.2. The van der Waals surface area contributed by atoms with Crippen LogP contribution in [0.5, 0.6) is 0 Å². The van der Waals surface area contributed by atoms with E-state index in [9.17, 15) is 0 Å². The highest BCUT2D eigenvalue weighted by Gasteiger charge is 2.18. The molecule has 2 rings (SSSR count). The third-order valence-corrected chi connectivity index (χ3v) is 4.38. The van der Waals surface area contributed by atoms with Crippen LogP contribution in [0, 0.1) is 5.92 Å². The first-order valence-corrected chi connectivity index (χ1v) is 7.99. The number of rotatable bonds is 7. The first kappa shape index (κ1) is 14.6. The van der Waals surface area contributed by atoms with Crippen molar-refractivity contribution in [3.63, 3.8) is 0 Å². The molecule has 0 saturated heterocycles. The Kier molecular flexibility index (Phi) is 5.90. The first-order valence-electron chi connectivity index (χ1n) is 7.99. The van der Waals surface area contributed by atoms with Gasteiger partial charge in [0, 0.05) is 19.3 Å². The van der Waals surface area contributed by atoms with Crippen LogP contribution in [0.25, 0.3) is 0 Å². The zero-order valence-corrected chi connectivity index (χ0v) is 12.6. The van der Waals surface area contributed by atoms with E-state index >= 15 is 0 Å². The van der Waals surface area contributed by atoms with Gasteiger partial charge in [-0.05, 0) is 37.3 Å². The molecule has 1 aliphatic rings. The van der Waals surface area contributed by atoms with Gasteiger partial charge in [-0.3, -0.25) is 4.68 Å². The molecule has 0 amide bonds. The topological polar surface area (TPSA) is 29.9 Å². The first-order chi connectivity index (χ1) is 9.28. The number of hydrogen-bond acceptors (Lipinski definition) is 2. The van der Waals surface area contributed by atoms with Crippen LogP contribution >= 0.6 is 0 Å². The van der Waals surface area contributed by atoms with Gasteiger partial charge in [0.25, 0.3) is 0 Å². The normalized spacial score (nSPS) is 18.6. The summed E-state index contributed by atoms with van der Waals surface area (Å²) in [5.41, 5.74) is 1.37. The van der Waals surface area contributed by atoms with Gasteiger partial charge in [0.15, 0.2) is 0 Å². The van der Waals surface area contributed by atoms with Crippen LogP contribution in [0.3, 0.4) is 0 Å². The van der Waals surface area contributed by atoms with E-state index in [4.69, 9.17) is 0 Å². The second kappa shape index (κ2) is 7.68. The molecule has 1 saturated carbocycles. The third kappa shape index (κ3) is 4.98. The van der Waals surface area contributed by atoms with Crippen molar-refractivity contribution >= 4 is 0 Å². The Morgan fingerprint density at radius 3 is 2.79 bits per heavy atom. The zero-order valence-electron chi connectivity index (χ0n) is 12.6. The Hall–Kier alpha value is -0.830. The fraction of sp³-hybridized carbons (Fsp3) is 0.812. The number of aryl methyl sites for hydroxylation is 2. The van der Waals surface area contributed by atoms with Crippen LogP contribution in [0.2, 0.25) is 0 Å². The van der Waals surface area contributed by atoms with E-state index in [1.807, 2.05) is 17.9 Å². The van der Waals surface area contributed by atoms with Crippen molar-refractivity contribution in [1.82, 2.24) is 15.1 Å². The average molecular weight is 263 g/mol. The maximum Gasteiger partial charge on any atom is 0.0521 e. The summed E-state index contributed by atoms with van der Waals surface area (Å²) in [6.45, 7) is 3.31. The van der Waals surface area contributed by atoms with Gasteiger partial charge in [-0.15, -0.1) is 0 Å². The monoisotopic (exact) mass is 263 g/mol. The van der Waals surface area contributed by atoms with Crippen molar-refractivity contribution in [3.8, 4) is 0 Å². The third-order valence-electron chi connectivity index (χ3n) is 4.38. The lowest BCUT2D eigenvalue weighted by atomic mass is 9.84. The number of aromatic nitrogens is 2. The smallest absolute Gasteiger partial charge is 0.0521 e. The van der Waals surface area contributed by atoms with Crippen LogP contribution < -0.4 is 5.32 Å². The minimum atomic E-state index is 0.688. The molecular weight excluding hydrogens is 234 g/mol. The van der Waals surface area contributed by atoms with Gasteiger partial charge in [0.1, 0.15) is 0 Å². The van der Waals surface area contributed by atoms with Gasteiger partial charge in [-0.1, -0.05) is 39.0 Å². The molecule has 1 heterocycles. The lowest BCUT2D eigenvalue weighted by Crippen LogP contribution is -2.32. The fourth-order valence-electron chi connectivity index (χ4n) is 3.36. The molecule has 0 radical (unpaired) electrons. The van der Waals surface area contributed by atoms with Crippen LogP contribution in [-0.4, -0.2) is 22.4 Å². The predicted octanol–water partition coefficient (Wildman–Crippen LogP) is 3.30. The molecule has 0 spiro atoms. The van der Waals surface area contributed by atoms with Gasteiger partial charge < -0.3 is 5.32 Å². The average Bonchev–Trinajstić information content (AvgIpc) is 2.83. The molecule has 1 aliphatic carbocycles. The van der Waals surface area contributed by atoms with Crippen molar-refractivity contribution in [2.24, 2.45) is 13.0 Å². The molecule has 108 valence electrons. The van der Waals surface area contributed by atoms with Gasteiger partial charge in [-0.25, -0.2) is 0 Å². The van der Waals surface area contributed by atoms with E-state index in [0.29, 0.717) is 6.04 Å². The maximum absolute atomic E-state index is 4.25. The van der Waals surface area contributed by atoms with Gasteiger partial charge in [0.05, 0.1) is 6.20 Å². The van der Waals surface area contributed by atoms with Crippen LogP contribution in [0.1, 0.15) is 57.4 Å². The van der Waals surface area contributed by atoms with E-state index in [1.54, 1.807) is 0 Å². The molecule has 19 heavy (non-hydrogen) atoms. The largest absolute Gasteiger partial charge is 0.314 e. The summed E-state index contributed by atoms with van der Waals surface area (Å²) in [4.78, 5) is 0. The second-order valence-corrected chi connectivity index (χ2v) is 6.06. The highest BCUT2D eigenvalue weighted by Crippen LogP contribution is 2.28. The zero-order chi connectivity index (χ0) is 13.5. The van der Waals surface area contributed by atoms with Crippen molar-refractivity contribution in [1.29, 1.82) is 0 Å². The number of nitrogens with zero attached hydrogens (tertiary/aromatic N) is 2. The van der Waals surface area contributed by atoms with E-state index < -0.39 is 0 Å². The van der Waals surface area contributed by atoms with Crippen molar-refractivity contribution < 1.29 is 0 Å². The Balaban J connectivity index is 1.77. The fourth-order valence-corrected chi connectivity index (χ4v) is 3.36. The molecule has 1 N–H and O–H groups in total. The van der Waals surface area contributed by atoms with Gasteiger partial charge in [-0.2, -0.15) is 5.10 Å². The minimum absolute atomic E-state index is 0.688. The van der Waals surface area contributed by atoms with E-state index in [2.05, 4.69) is 23.5 Å². The molecule has 1 atom stereocenters. The molecule has 1 unspecified atom stereocenters. The van der Waals surface area contributed by atoms with Crippen LogP contribution in [0.15, 0.2) is 12.4 Å². The SMILES string of the molecule is CCNC(CCc1cnn(C)c1)CC1CCCCC1. The van der Waals surface area contributed by atoms with E-state index in [-0.39, 0.29) is 0 Å². The molecule has 1 aromatic rings. The highest BCUT2D eigenvalue weighted by molar-refractivity contribution is 5.04. The summed E-state index contributed by atoms with van der Waals surface area (Å²) >= 11 is 0. The molecule has 0 bridgehead atoms. The molecule has 0 aromatic carbocycles. The lowest BCUT2D eigenvalue weighted by Gasteiger charge is -2.27. The number of nitrogens with one attached hydrogen (secondary N) is 1. The summed E-state index contributed by atoms with van der Waals surface area (Å²) in [5, 5.41) is 7.93. The molecule has 3 nitrogen and oxygen atoms in total. The predicted molar refractivity (Wildman–Crippen MR) is 80.2 cm³/mol. The molecular formula is C16H29N3. The van der Waals surface area contributed by atoms with Crippen molar-refractivity contribution in [2.75, 3.05) is 6.54 Å². The van der Waals surface area contributed by atoms with Crippen molar-refractivity contribution in [2.45, 2.75) is 64.3 Å². The van der Waals surface area contributed by atoms with Crippen LogP contribution in [0.4, 0.5) is 0 Å². The summed E-state index contributed by atoms with van der Waals surface area (Å²) < 4.78 is 1.90. The summed E-state index contributed by atoms with van der Waals surface area (Å²) in [6.07, 6.45) is 15.2. The molecule has 3 heteroatoms. The summed E-state index contributed by atoms with van der Waals surface area (Å²) in [5.74, 6) is 0.965. The minimum Gasteiger partial charge on any atom is -0.314 e. The molecule has 1 fully saturated rings. The maximum atomic E-state index is 4.25. The second-order valence-electron chi connectivity index (χ2n) is 6.06. The lowest BCUT2D eigenvalue weighted by molar-refractivity contribution is 0.292. The molecule has 1 aromatic heterocycles. The van der Waals surface area contributed by atoms with Gasteiger partial charge >= 0.3 is 0 Å². The standard InChI is InChI=1S/C16H29N3/c1-3-17-16(11-14-7-5-4-6-8-14)10-9-15-12-18-19(2)13-15/h12-14,16-17H,3-11H2,1-2H3. The quantitative estimate of drug-likeness (QED) is 0.818. The summed E-state index contributed by atoms with van der Waals surface area (Å²) in [7, 11) is 1.99. The Labute approximate surface area is 117 Å². The Morgan fingerprint density at radius 2 is 2.16 bits per heavy atom. The Morgan fingerprint density at radius 1 is 1.37 bits per heavy atom. The summed E-state index contributed by atoms with van der Waals surface area (Å²) in [6, 6.07) is 0.688. The Bertz CT molecular complexity index is 353. The van der Waals surface area contributed by atoms with E-state index in [0.717, 1.165) is 18.9 Å². The molecule has 0 aliphatic heterocycles. The van der Waals surface area contributed by atoms with Crippen LogP contribution in [-0.2, 0) is 13.5 Å².